The van der Waals surface area contributed by atoms with Gasteiger partial charge in [-0.3, -0.25) is 4.99 Å². The van der Waals surface area contributed by atoms with Crippen LogP contribution in [0.25, 0.3) is 0 Å². The molecule has 0 bridgehead atoms. The van der Waals surface area contributed by atoms with Gasteiger partial charge < -0.3 is 4.90 Å². The minimum atomic E-state index is 0.780. The maximum atomic E-state index is 4.30. The average molecular weight is 184 g/mol. The fraction of sp³-hybridized carbons (Fsp3) is 0.889. The van der Waals surface area contributed by atoms with Crippen molar-refractivity contribution in [1.82, 2.24) is 4.90 Å². The smallest absolute Gasteiger partial charge is 0.159 e. The van der Waals surface area contributed by atoms with Gasteiger partial charge in [-0.25, -0.2) is 0 Å². The van der Waals surface area contributed by atoms with Crippen LogP contribution in [-0.2, 0) is 0 Å². The van der Waals surface area contributed by atoms with E-state index in [1.54, 1.807) is 0 Å². The van der Waals surface area contributed by atoms with Gasteiger partial charge in [0.15, 0.2) is 5.17 Å². The van der Waals surface area contributed by atoms with Crippen LogP contribution in [0.4, 0.5) is 0 Å². The van der Waals surface area contributed by atoms with Crippen molar-refractivity contribution in [2.24, 2.45) is 4.99 Å². The molecule has 3 heteroatoms. The minimum Gasteiger partial charge on any atom is -0.350 e. The third-order valence-electron chi connectivity index (χ3n) is 2.91. The third kappa shape index (κ3) is 1.24. The molecule has 12 heavy (non-hydrogen) atoms. The van der Waals surface area contributed by atoms with Crippen molar-refractivity contribution in [3.05, 3.63) is 0 Å². The Morgan fingerprint density at radius 2 is 2.17 bits per heavy atom. The summed E-state index contributed by atoms with van der Waals surface area (Å²) in [4.78, 5) is 6.67. The van der Waals surface area contributed by atoms with Gasteiger partial charge in [0.1, 0.15) is 0 Å². The van der Waals surface area contributed by atoms with Crippen molar-refractivity contribution in [2.75, 3.05) is 14.1 Å². The first kappa shape index (κ1) is 8.42. The summed E-state index contributed by atoms with van der Waals surface area (Å²) >= 11 is 1.98. The Kier molecular flexibility index (Phi) is 2.31. The van der Waals surface area contributed by atoms with E-state index in [0.29, 0.717) is 0 Å². The lowest BCUT2D eigenvalue weighted by Crippen LogP contribution is -2.35. The van der Waals surface area contributed by atoms with E-state index in [9.17, 15) is 0 Å². The molecule has 0 aromatic rings. The number of hydrogen-bond acceptors (Lipinski definition) is 2. The van der Waals surface area contributed by atoms with E-state index in [0.717, 1.165) is 11.3 Å². The zero-order valence-electron chi connectivity index (χ0n) is 7.79. The van der Waals surface area contributed by atoms with Crippen molar-refractivity contribution in [3.8, 4) is 0 Å². The number of rotatable bonds is 0. The number of aliphatic imine (C=N–C) groups is 1. The quantitative estimate of drug-likeness (QED) is 0.572. The lowest BCUT2D eigenvalue weighted by molar-refractivity contribution is 0.302. The van der Waals surface area contributed by atoms with Crippen LogP contribution in [0, 0.1) is 0 Å². The number of amidine groups is 1. The van der Waals surface area contributed by atoms with E-state index in [4.69, 9.17) is 0 Å². The fourth-order valence-corrected chi connectivity index (χ4v) is 3.67. The van der Waals surface area contributed by atoms with Gasteiger partial charge >= 0.3 is 0 Å². The van der Waals surface area contributed by atoms with E-state index in [2.05, 4.69) is 16.9 Å². The molecule has 0 spiro atoms. The summed E-state index contributed by atoms with van der Waals surface area (Å²) in [5.74, 6) is 0. The van der Waals surface area contributed by atoms with Gasteiger partial charge in [-0.2, -0.15) is 0 Å². The van der Waals surface area contributed by atoms with Crippen molar-refractivity contribution >= 4 is 16.9 Å². The number of hydrogen-bond donors (Lipinski definition) is 0. The van der Waals surface area contributed by atoms with Gasteiger partial charge in [0.05, 0.1) is 0 Å². The molecule has 2 atom stereocenters. The zero-order valence-corrected chi connectivity index (χ0v) is 8.60. The molecule has 2 aliphatic rings. The van der Waals surface area contributed by atoms with Gasteiger partial charge in [-0.15, -0.1) is 0 Å². The summed E-state index contributed by atoms with van der Waals surface area (Å²) in [7, 11) is 4.08. The number of thioether (sulfide) groups is 1. The second-order valence-corrected chi connectivity index (χ2v) is 4.83. The normalized spacial score (nSPS) is 38.8. The van der Waals surface area contributed by atoms with Crippen LogP contribution in [0.2, 0.25) is 0 Å². The second-order valence-electron chi connectivity index (χ2n) is 3.63. The molecule has 2 fully saturated rings. The molecule has 0 aromatic heterocycles. The fourth-order valence-electron chi connectivity index (χ4n) is 2.23. The molecule has 1 saturated heterocycles. The summed E-state index contributed by atoms with van der Waals surface area (Å²) in [5.41, 5.74) is 0. The molecule has 0 amide bonds. The van der Waals surface area contributed by atoms with Crippen LogP contribution >= 0.6 is 11.8 Å². The van der Waals surface area contributed by atoms with Crippen LogP contribution in [-0.4, -0.2) is 35.5 Å². The molecule has 68 valence electrons. The monoisotopic (exact) mass is 184 g/mol. The summed E-state index contributed by atoms with van der Waals surface area (Å²) in [6.07, 6.45) is 5.58. The average Bonchev–Trinajstić information content (AvgIpc) is 2.44. The topological polar surface area (TPSA) is 15.6 Å². The molecular weight excluding hydrogens is 168 g/mol. The first-order valence-electron chi connectivity index (χ1n) is 4.69. The lowest BCUT2D eigenvalue weighted by atomic mass is 9.94. The first-order chi connectivity index (χ1) is 5.83. The molecular formula is C9H16N2S. The SMILES string of the molecule is C/N=C1/SC2CCCCC2N1C. The van der Waals surface area contributed by atoms with Crippen molar-refractivity contribution in [3.63, 3.8) is 0 Å². The third-order valence-corrected chi connectivity index (χ3v) is 4.45. The van der Waals surface area contributed by atoms with Gasteiger partial charge in [0.25, 0.3) is 0 Å². The predicted molar refractivity (Wildman–Crippen MR) is 54.8 cm³/mol. The highest BCUT2D eigenvalue weighted by atomic mass is 32.2. The summed E-state index contributed by atoms with van der Waals surface area (Å²) < 4.78 is 0. The van der Waals surface area contributed by atoms with Crippen LogP contribution in [0.3, 0.4) is 0 Å². The largest absolute Gasteiger partial charge is 0.350 e. The molecule has 2 rings (SSSR count). The zero-order chi connectivity index (χ0) is 8.55. The van der Waals surface area contributed by atoms with Gasteiger partial charge in [-0.1, -0.05) is 24.6 Å². The van der Waals surface area contributed by atoms with Gasteiger partial charge in [0, 0.05) is 25.4 Å². The Morgan fingerprint density at radius 1 is 1.42 bits per heavy atom. The van der Waals surface area contributed by atoms with Crippen molar-refractivity contribution in [2.45, 2.75) is 37.0 Å². The van der Waals surface area contributed by atoms with E-state index in [1.165, 1.54) is 30.9 Å². The van der Waals surface area contributed by atoms with Gasteiger partial charge in [-0.05, 0) is 12.8 Å². The maximum absolute atomic E-state index is 4.30. The molecule has 0 radical (unpaired) electrons. The van der Waals surface area contributed by atoms with Crippen molar-refractivity contribution in [1.29, 1.82) is 0 Å². The molecule has 1 aliphatic heterocycles. The van der Waals surface area contributed by atoms with Crippen LogP contribution in [0.5, 0.6) is 0 Å². The molecule has 1 saturated carbocycles. The molecule has 1 heterocycles. The Labute approximate surface area is 78.4 Å². The maximum Gasteiger partial charge on any atom is 0.159 e. The molecule has 0 N–H and O–H groups in total. The number of fused-ring (bicyclic) bond motifs is 1. The van der Waals surface area contributed by atoms with E-state index in [1.807, 2.05) is 18.8 Å². The van der Waals surface area contributed by atoms with E-state index < -0.39 is 0 Å². The highest BCUT2D eigenvalue weighted by Gasteiger charge is 2.37. The molecule has 1 aliphatic carbocycles. The summed E-state index contributed by atoms with van der Waals surface area (Å²) in [6.45, 7) is 0. The van der Waals surface area contributed by atoms with Crippen LogP contribution < -0.4 is 0 Å². The van der Waals surface area contributed by atoms with Crippen molar-refractivity contribution < 1.29 is 0 Å². The Bertz CT molecular complexity index is 203. The molecule has 2 nitrogen and oxygen atoms in total. The first-order valence-corrected chi connectivity index (χ1v) is 5.57. The second kappa shape index (κ2) is 3.29. The standard InChI is InChI=1S/C9H16N2S/c1-10-9-11(2)7-5-3-4-6-8(7)12-9/h7-8H,3-6H2,1-2H3/b10-9+. The molecule has 0 aromatic carbocycles. The number of nitrogens with zero attached hydrogens (tertiary/aromatic N) is 2. The Hall–Kier alpha value is -0.180. The lowest BCUT2D eigenvalue weighted by Gasteiger charge is -2.28. The van der Waals surface area contributed by atoms with E-state index in [-0.39, 0.29) is 0 Å². The highest BCUT2D eigenvalue weighted by molar-refractivity contribution is 8.14. The van der Waals surface area contributed by atoms with E-state index >= 15 is 0 Å². The highest BCUT2D eigenvalue weighted by Crippen LogP contribution is 2.39. The summed E-state index contributed by atoms with van der Waals surface area (Å²) in [5, 5.41) is 2.08. The summed E-state index contributed by atoms with van der Waals surface area (Å²) in [6, 6.07) is 0.780. The Morgan fingerprint density at radius 3 is 2.83 bits per heavy atom. The molecule has 2 unspecified atom stereocenters. The minimum absolute atomic E-state index is 0.780. The predicted octanol–water partition coefficient (Wildman–Crippen LogP) is 1.96. The van der Waals surface area contributed by atoms with Crippen LogP contribution in [0.1, 0.15) is 25.7 Å². The van der Waals surface area contributed by atoms with Crippen LogP contribution in [0.15, 0.2) is 4.99 Å². The Balaban J connectivity index is 2.13. The van der Waals surface area contributed by atoms with Gasteiger partial charge in [0.2, 0.25) is 0 Å².